The summed E-state index contributed by atoms with van der Waals surface area (Å²) in [4.78, 5) is 47.4. The highest BCUT2D eigenvalue weighted by molar-refractivity contribution is 6.35. The van der Waals surface area contributed by atoms with Gasteiger partial charge in [0.2, 0.25) is 0 Å². The van der Waals surface area contributed by atoms with E-state index in [1.54, 1.807) is 0 Å². The zero-order valence-corrected chi connectivity index (χ0v) is 21.4. The molecule has 192 valence electrons. The fourth-order valence-corrected chi connectivity index (χ4v) is 5.21. The predicted molar refractivity (Wildman–Crippen MR) is 143 cm³/mol. The number of likely N-dealkylation sites (N-methyl/N-ethyl adjacent to an activating group) is 1. The first-order valence-electron chi connectivity index (χ1n) is 13.0. The van der Waals surface area contributed by atoms with Crippen LogP contribution in [0, 0.1) is 0 Å². The molecule has 1 aromatic heterocycles. The van der Waals surface area contributed by atoms with Gasteiger partial charge in [0.05, 0.1) is 23.4 Å². The number of hydrogen-bond acceptors (Lipinski definition) is 5. The van der Waals surface area contributed by atoms with Gasteiger partial charge in [-0.05, 0) is 30.7 Å². The number of carbonyl (C=O) groups excluding carboxylic acids is 2. The Morgan fingerprint density at radius 1 is 0.811 bits per heavy atom. The van der Waals surface area contributed by atoms with Crippen LogP contribution in [0.5, 0.6) is 0 Å². The van der Waals surface area contributed by atoms with Crippen LogP contribution in [-0.4, -0.2) is 69.0 Å². The summed E-state index contributed by atoms with van der Waals surface area (Å²) >= 11 is 0. The molecule has 2 aliphatic rings. The van der Waals surface area contributed by atoms with E-state index in [2.05, 4.69) is 16.9 Å². The molecule has 1 N–H and O–H groups in total. The lowest BCUT2D eigenvalue weighted by atomic mass is 10.0. The minimum absolute atomic E-state index is 0.168. The molecule has 0 atom stereocenters. The molecule has 2 amide bonds. The Morgan fingerprint density at radius 2 is 1.46 bits per heavy atom. The van der Waals surface area contributed by atoms with Crippen molar-refractivity contribution in [3.63, 3.8) is 0 Å². The van der Waals surface area contributed by atoms with Crippen molar-refractivity contribution < 1.29 is 9.59 Å². The fourth-order valence-electron chi connectivity index (χ4n) is 5.21. The van der Waals surface area contributed by atoms with Gasteiger partial charge in [-0.2, -0.15) is 0 Å². The Bertz CT molecular complexity index is 1370. The van der Waals surface area contributed by atoms with E-state index >= 15 is 0 Å². The zero-order valence-electron chi connectivity index (χ0n) is 21.4. The van der Waals surface area contributed by atoms with Gasteiger partial charge in [-0.1, -0.05) is 68.8 Å². The van der Waals surface area contributed by atoms with Gasteiger partial charge >= 0.3 is 0 Å². The fraction of sp³-hybridized carbons (Fsp3) is 0.345. The minimum atomic E-state index is -0.407. The van der Waals surface area contributed by atoms with E-state index < -0.39 is 5.91 Å². The topological polar surface area (TPSA) is 81.7 Å². The summed E-state index contributed by atoms with van der Waals surface area (Å²) < 4.78 is 1.48. The molecular formula is C29H33N5O3. The molecule has 8 nitrogen and oxygen atoms in total. The van der Waals surface area contributed by atoms with Crippen LogP contribution in [0.4, 0.5) is 0 Å². The van der Waals surface area contributed by atoms with Gasteiger partial charge in [0.25, 0.3) is 17.4 Å². The third-order valence-corrected chi connectivity index (χ3v) is 7.19. The molecule has 0 saturated carbocycles. The molecule has 0 spiro atoms. The van der Waals surface area contributed by atoms with Crippen molar-refractivity contribution in [2.75, 3.05) is 32.7 Å². The molecule has 3 aromatic rings. The number of imide groups is 1. The Labute approximate surface area is 216 Å². The second-order valence-corrected chi connectivity index (χ2v) is 9.52. The molecule has 1 fully saturated rings. The number of benzene rings is 2. The lowest BCUT2D eigenvalue weighted by Gasteiger charge is -2.35. The molecule has 2 aromatic carbocycles. The summed E-state index contributed by atoms with van der Waals surface area (Å²) in [5.74, 6) is -0.737. The van der Waals surface area contributed by atoms with Crippen molar-refractivity contribution in [2.24, 2.45) is 0 Å². The van der Waals surface area contributed by atoms with Crippen LogP contribution in [0.3, 0.4) is 0 Å². The summed E-state index contributed by atoms with van der Waals surface area (Å²) in [6.07, 6.45) is 1.38. The molecule has 0 radical (unpaired) electrons. The molecule has 3 heterocycles. The smallest absolute Gasteiger partial charge is 0.279 e. The van der Waals surface area contributed by atoms with Crippen molar-refractivity contribution in [2.45, 2.75) is 33.2 Å². The third kappa shape index (κ3) is 4.64. The first kappa shape index (κ1) is 24.8. The van der Waals surface area contributed by atoms with E-state index in [-0.39, 0.29) is 23.6 Å². The van der Waals surface area contributed by atoms with Crippen molar-refractivity contribution in [3.05, 3.63) is 93.5 Å². The number of H-pyrrole nitrogens is 1. The highest BCUT2D eigenvalue weighted by Gasteiger charge is 2.44. The number of piperazine rings is 1. The Morgan fingerprint density at radius 3 is 2.08 bits per heavy atom. The van der Waals surface area contributed by atoms with Crippen molar-refractivity contribution in [1.82, 2.24) is 24.5 Å². The number of aromatic nitrogens is 2. The predicted octanol–water partition coefficient (Wildman–Crippen LogP) is 3.04. The number of para-hydroxylation sites is 1. The molecule has 2 aliphatic heterocycles. The van der Waals surface area contributed by atoms with Gasteiger partial charge in [0.1, 0.15) is 5.70 Å². The Kier molecular flexibility index (Phi) is 7.10. The van der Waals surface area contributed by atoms with E-state index in [9.17, 15) is 14.4 Å². The molecule has 0 unspecified atom stereocenters. The Hall–Kier alpha value is -3.91. The monoisotopic (exact) mass is 499 g/mol. The van der Waals surface area contributed by atoms with Crippen LogP contribution >= 0.6 is 0 Å². The van der Waals surface area contributed by atoms with Gasteiger partial charge < -0.3 is 9.80 Å². The van der Waals surface area contributed by atoms with Gasteiger partial charge in [-0.3, -0.25) is 24.4 Å². The van der Waals surface area contributed by atoms with E-state index in [1.807, 2.05) is 72.5 Å². The average molecular weight is 500 g/mol. The molecule has 0 aliphatic carbocycles. The lowest BCUT2D eigenvalue weighted by Crippen LogP contribution is -2.47. The number of nitrogens with zero attached hydrogens (tertiary/aromatic N) is 4. The normalized spacial score (nSPS) is 16.8. The molecule has 8 heteroatoms. The number of amides is 2. The maximum atomic E-state index is 14.0. The van der Waals surface area contributed by atoms with E-state index in [1.165, 1.54) is 9.58 Å². The number of rotatable bonds is 8. The van der Waals surface area contributed by atoms with E-state index in [0.29, 0.717) is 42.2 Å². The Balaban J connectivity index is 1.64. The molecular weight excluding hydrogens is 466 g/mol. The van der Waals surface area contributed by atoms with Crippen molar-refractivity contribution in [3.8, 4) is 5.69 Å². The highest BCUT2D eigenvalue weighted by Crippen LogP contribution is 2.33. The maximum absolute atomic E-state index is 14.0. The largest absolute Gasteiger partial charge is 0.364 e. The summed E-state index contributed by atoms with van der Waals surface area (Å²) in [7, 11) is 0. The van der Waals surface area contributed by atoms with Crippen LogP contribution in [0.1, 0.15) is 37.1 Å². The van der Waals surface area contributed by atoms with Gasteiger partial charge in [0.15, 0.2) is 0 Å². The molecule has 37 heavy (non-hydrogen) atoms. The second-order valence-electron chi connectivity index (χ2n) is 9.52. The second kappa shape index (κ2) is 10.6. The van der Waals surface area contributed by atoms with Crippen molar-refractivity contribution in [1.29, 1.82) is 0 Å². The van der Waals surface area contributed by atoms with Crippen molar-refractivity contribution >= 4 is 17.4 Å². The van der Waals surface area contributed by atoms with Crippen LogP contribution in [0.2, 0.25) is 0 Å². The number of aryl methyl sites for hydroxylation is 1. The summed E-state index contributed by atoms with van der Waals surface area (Å²) in [6, 6.07) is 18.8. The van der Waals surface area contributed by atoms with E-state index in [0.717, 1.165) is 31.6 Å². The minimum Gasteiger partial charge on any atom is -0.364 e. The number of nitrogens with one attached hydrogen (secondary N) is 1. The number of hydrogen-bond donors (Lipinski definition) is 1. The molecule has 0 bridgehead atoms. The van der Waals surface area contributed by atoms with Crippen LogP contribution in [-0.2, 0) is 22.6 Å². The summed E-state index contributed by atoms with van der Waals surface area (Å²) in [5.41, 5.74) is 2.82. The maximum Gasteiger partial charge on any atom is 0.279 e. The quantitative estimate of drug-likeness (QED) is 0.482. The molecule has 5 rings (SSSR count). The van der Waals surface area contributed by atoms with Crippen LogP contribution < -0.4 is 5.56 Å². The van der Waals surface area contributed by atoms with E-state index in [4.69, 9.17) is 0 Å². The first-order chi connectivity index (χ1) is 18.0. The number of carbonyl (C=O) groups is 2. The average Bonchev–Trinajstić information content (AvgIpc) is 3.37. The highest BCUT2D eigenvalue weighted by atomic mass is 16.2. The lowest BCUT2D eigenvalue weighted by molar-refractivity contribution is -0.138. The van der Waals surface area contributed by atoms with Gasteiger partial charge in [0, 0.05) is 31.9 Å². The summed E-state index contributed by atoms with van der Waals surface area (Å²) in [5, 5.41) is 3.24. The van der Waals surface area contributed by atoms with Crippen LogP contribution in [0.15, 0.2) is 71.2 Å². The van der Waals surface area contributed by atoms with Crippen LogP contribution in [0.25, 0.3) is 11.3 Å². The number of aromatic amines is 1. The standard InChI is InChI=1S/C29H33N5O3/c1-3-11-23-24(28(36)34(30-23)22-14-9-6-10-15-22)25-26(32-18-16-31(4-2)17-19-32)29(37)33(27(25)35)20-21-12-7-5-8-13-21/h5-10,12-15,30H,3-4,11,16-20H2,1-2H3. The van der Waals surface area contributed by atoms with Gasteiger partial charge in [-0.15, -0.1) is 0 Å². The zero-order chi connectivity index (χ0) is 25.9. The van der Waals surface area contributed by atoms with Gasteiger partial charge in [-0.25, -0.2) is 4.68 Å². The molecule has 1 saturated heterocycles. The SMILES string of the molecule is CCCc1[nH]n(-c2ccccc2)c(=O)c1C1=C(N2CCN(CC)CC2)C(=O)N(Cc2ccccc2)C1=O. The first-order valence-corrected chi connectivity index (χ1v) is 13.0. The third-order valence-electron chi connectivity index (χ3n) is 7.19. The summed E-state index contributed by atoms with van der Waals surface area (Å²) in [6.45, 7) is 8.12.